The molecule has 0 aliphatic heterocycles. The van der Waals surface area contributed by atoms with Crippen LogP contribution in [0.4, 0.5) is 0 Å². The molecular weight excluding hydrogens is 244 g/mol. The van der Waals surface area contributed by atoms with Crippen molar-refractivity contribution in [1.82, 2.24) is 0 Å². The predicted molar refractivity (Wildman–Crippen MR) is 84.9 cm³/mol. The summed E-state index contributed by atoms with van der Waals surface area (Å²) in [6.07, 6.45) is 10.8. The van der Waals surface area contributed by atoms with E-state index in [0.29, 0.717) is 11.7 Å². The molecule has 0 bridgehead atoms. The fourth-order valence-electron chi connectivity index (χ4n) is 3.43. The Balaban J connectivity index is 2.01. The lowest BCUT2D eigenvalue weighted by molar-refractivity contribution is -0.124. The molecule has 1 aliphatic rings. The van der Waals surface area contributed by atoms with Crippen molar-refractivity contribution in [3.63, 3.8) is 0 Å². The van der Waals surface area contributed by atoms with Crippen molar-refractivity contribution in [2.75, 3.05) is 0 Å². The first-order chi connectivity index (χ1) is 9.83. The van der Waals surface area contributed by atoms with Crippen molar-refractivity contribution in [1.29, 1.82) is 0 Å². The van der Waals surface area contributed by atoms with E-state index in [1.165, 1.54) is 44.1 Å². The molecule has 0 spiro atoms. The fraction of sp³-hybridized carbons (Fsp3) is 0.632. The van der Waals surface area contributed by atoms with Crippen molar-refractivity contribution in [3.05, 3.63) is 35.9 Å². The quantitative estimate of drug-likeness (QED) is 0.571. The van der Waals surface area contributed by atoms with E-state index in [1.807, 2.05) is 6.07 Å². The minimum atomic E-state index is 0.149. The highest BCUT2D eigenvalue weighted by Crippen LogP contribution is 2.33. The van der Waals surface area contributed by atoms with Gasteiger partial charge in [0.2, 0.25) is 0 Å². The molecule has 1 aromatic carbocycles. The SMILES string of the molecule is CCCCCCC(C(=O)C1CCCC1)c1ccccc1. The summed E-state index contributed by atoms with van der Waals surface area (Å²) in [5.74, 6) is 1.01. The highest BCUT2D eigenvalue weighted by atomic mass is 16.1. The van der Waals surface area contributed by atoms with Gasteiger partial charge in [-0.3, -0.25) is 4.79 Å². The van der Waals surface area contributed by atoms with Crippen LogP contribution < -0.4 is 0 Å². The lowest BCUT2D eigenvalue weighted by atomic mass is 9.83. The Kier molecular flexibility index (Phi) is 6.29. The van der Waals surface area contributed by atoms with Crippen LogP contribution in [0.5, 0.6) is 0 Å². The van der Waals surface area contributed by atoms with Crippen LogP contribution in [-0.4, -0.2) is 5.78 Å². The molecule has 1 atom stereocenters. The Hall–Kier alpha value is -1.11. The summed E-state index contributed by atoms with van der Waals surface area (Å²) in [4.78, 5) is 12.8. The highest BCUT2D eigenvalue weighted by Gasteiger charge is 2.29. The van der Waals surface area contributed by atoms with Gasteiger partial charge in [-0.25, -0.2) is 0 Å². The summed E-state index contributed by atoms with van der Waals surface area (Å²) in [6, 6.07) is 10.4. The third-order valence-corrected chi connectivity index (χ3v) is 4.65. The van der Waals surface area contributed by atoms with Crippen molar-refractivity contribution < 1.29 is 4.79 Å². The molecule has 20 heavy (non-hydrogen) atoms. The zero-order valence-corrected chi connectivity index (χ0v) is 12.8. The van der Waals surface area contributed by atoms with Gasteiger partial charge in [0.15, 0.2) is 0 Å². The van der Waals surface area contributed by atoms with Crippen molar-refractivity contribution in [2.45, 2.75) is 70.6 Å². The number of hydrogen-bond donors (Lipinski definition) is 0. The minimum absolute atomic E-state index is 0.149. The van der Waals surface area contributed by atoms with Crippen LogP contribution in [0.25, 0.3) is 0 Å². The highest BCUT2D eigenvalue weighted by molar-refractivity contribution is 5.88. The maximum Gasteiger partial charge on any atom is 0.143 e. The molecule has 0 amide bonds. The van der Waals surface area contributed by atoms with E-state index >= 15 is 0 Å². The molecule has 1 aliphatic carbocycles. The Bertz CT molecular complexity index is 389. The number of carbonyl (C=O) groups is 1. The molecule has 1 heteroatoms. The topological polar surface area (TPSA) is 17.1 Å². The largest absolute Gasteiger partial charge is 0.299 e. The molecule has 0 radical (unpaired) electrons. The number of rotatable bonds is 8. The average molecular weight is 272 g/mol. The molecule has 2 rings (SSSR count). The number of ketones is 1. The smallest absolute Gasteiger partial charge is 0.143 e. The Morgan fingerprint density at radius 1 is 1.10 bits per heavy atom. The third-order valence-electron chi connectivity index (χ3n) is 4.65. The third kappa shape index (κ3) is 4.19. The summed E-state index contributed by atoms with van der Waals surface area (Å²) in [7, 11) is 0. The predicted octanol–water partition coefficient (Wildman–Crippen LogP) is 5.50. The van der Waals surface area contributed by atoms with Crippen LogP contribution in [0.2, 0.25) is 0 Å². The van der Waals surface area contributed by atoms with Crippen molar-refractivity contribution in [3.8, 4) is 0 Å². The van der Waals surface area contributed by atoms with E-state index in [2.05, 4.69) is 31.2 Å². The van der Waals surface area contributed by atoms with Crippen LogP contribution in [-0.2, 0) is 4.79 Å². The minimum Gasteiger partial charge on any atom is -0.299 e. The normalized spacial score (nSPS) is 17.2. The van der Waals surface area contributed by atoms with E-state index in [9.17, 15) is 4.79 Å². The van der Waals surface area contributed by atoms with E-state index in [-0.39, 0.29) is 5.92 Å². The van der Waals surface area contributed by atoms with E-state index in [4.69, 9.17) is 0 Å². The first kappa shape index (κ1) is 15.3. The Labute approximate surface area is 123 Å². The molecule has 0 heterocycles. The molecule has 0 N–H and O–H groups in total. The van der Waals surface area contributed by atoms with Gasteiger partial charge >= 0.3 is 0 Å². The monoisotopic (exact) mass is 272 g/mol. The summed E-state index contributed by atoms with van der Waals surface area (Å²) in [5.41, 5.74) is 1.24. The first-order valence-corrected chi connectivity index (χ1v) is 8.41. The maximum absolute atomic E-state index is 12.8. The number of carbonyl (C=O) groups excluding carboxylic acids is 1. The van der Waals surface area contributed by atoms with Gasteiger partial charge in [0, 0.05) is 11.8 Å². The van der Waals surface area contributed by atoms with E-state index in [1.54, 1.807) is 0 Å². The van der Waals surface area contributed by atoms with E-state index < -0.39 is 0 Å². The molecule has 1 unspecified atom stereocenters. The van der Waals surface area contributed by atoms with Gasteiger partial charge in [0.1, 0.15) is 5.78 Å². The van der Waals surface area contributed by atoms with Crippen LogP contribution >= 0.6 is 0 Å². The number of hydrogen-bond acceptors (Lipinski definition) is 1. The zero-order chi connectivity index (χ0) is 14.2. The molecule has 1 saturated carbocycles. The average Bonchev–Trinajstić information content (AvgIpc) is 3.02. The van der Waals surface area contributed by atoms with Gasteiger partial charge in [-0.05, 0) is 24.8 Å². The Morgan fingerprint density at radius 2 is 1.80 bits per heavy atom. The second-order valence-corrected chi connectivity index (χ2v) is 6.20. The molecule has 1 nitrogen and oxygen atoms in total. The summed E-state index contributed by atoms with van der Waals surface area (Å²) in [5, 5.41) is 0. The number of benzene rings is 1. The molecule has 110 valence electrons. The standard InChI is InChI=1S/C19H28O/c1-2-3-4-8-15-18(16-11-6-5-7-12-16)19(20)17-13-9-10-14-17/h5-7,11-12,17-18H,2-4,8-10,13-15H2,1H3. The summed E-state index contributed by atoms with van der Waals surface area (Å²) in [6.45, 7) is 2.23. The Morgan fingerprint density at radius 3 is 2.45 bits per heavy atom. The summed E-state index contributed by atoms with van der Waals surface area (Å²) >= 11 is 0. The second kappa shape index (κ2) is 8.24. The molecular formula is C19H28O. The molecule has 1 fully saturated rings. The molecule has 0 saturated heterocycles. The number of Topliss-reactive ketones (excluding diaryl/α,β-unsaturated/α-hetero) is 1. The lowest BCUT2D eigenvalue weighted by Crippen LogP contribution is -2.20. The molecule has 0 aromatic heterocycles. The van der Waals surface area contributed by atoms with E-state index in [0.717, 1.165) is 19.3 Å². The maximum atomic E-state index is 12.8. The van der Waals surface area contributed by atoms with Gasteiger partial charge in [-0.1, -0.05) is 75.8 Å². The zero-order valence-electron chi connectivity index (χ0n) is 12.8. The first-order valence-electron chi connectivity index (χ1n) is 8.41. The van der Waals surface area contributed by atoms with Gasteiger partial charge < -0.3 is 0 Å². The van der Waals surface area contributed by atoms with Gasteiger partial charge in [-0.15, -0.1) is 0 Å². The fourth-order valence-corrected chi connectivity index (χ4v) is 3.43. The number of unbranched alkanes of at least 4 members (excludes halogenated alkanes) is 3. The van der Waals surface area contributed by atoms with Crippen LogP contribution in [0, 0.1) is 5.92 Å². The van der Waals surface area contributed by atoms with Gasteiger partial charge in [0.05, 0.1) is 0 Å². The van der Waals surface area contributed by atoms with Crippen molar-refractivity contribution >= 4 is 5.78 Å². The van der Waals surface area contributed by atoms with Crippen LogP contribution in [0.15, 0.2) is 30.3 Å². The second-order valence-electron chi connectivity index (χ2n) is 6.20. The van der Waals surface area contributed by atoms with Gasteiger partial charge in [0.25, 0.3) is 0 Å². The van der Waals surface area contributed by atoms with Crippen LogP contribution in [0.1, 0.15) is 76.2 Å². The molecule has 1 aromatic rings. The summed E-state index contributed by atoms with van der Waals surface area (Å²) < 4.78 is 0. The van der Waals surface area contributed by atoms with Crippen LogP contribution in [0.3, 0.4) is 0 Å². The van der Waals surface area contributed by atoms with Crippen molar-refractivity contribution in [2.24, 2.45) is 5.92 Å². The lowest BCUT2D eigenvalue weighted by Gasteiger charge is -2.20. The van der Waals surface area contributed by atoms with Gasteiger partial charge in [-0.2, -0.15) is 0 Å².